The summed E-state index contributed by atoms with van der Waals surface area (Å²) in [5.74, 6) is 0. The molecule has 0 N–H and O–H groups in total. The van der Waals surface area contributed by atoms with Crippen LogP contribution in [0, 0.1) is 0 Å². The molecule has 0 radical (unpaired) electrons. The van der Waals surface area contributed by atoms with Crippen LogP contribution in [0.4, 0.5) is 17.1 Å². The van der Waals surface area contributed by atoms with Crippen LogP contribution in [0.3, 0.4) is 0 Å². The highest BCUT2D eigenvalue weighted by Gasteiger charge is 2.21. The number of anilines is 3. The first-order valence-corrected chi connectivity index (χ1v) is 16.4. The van der Waals surface area contributed by atoms with E-state index in [2.05, 4.69) is 175 Å². The second-order valence-corrected chi connectivity index (χ2v) is 12.6. The maximum absolute atomic E-state index is 5.14. The summed E-state index contributed by atoms with van der Waals surface area (Å²) in [4.78, 5) is 7.56. The van der Waals surface area contributed by atoms with Crippen LogP contribution in [0.25, 0.3) is 64.2 Å². The lowest BCUT2D eigenvalue weighted by atomic mass is 9.92. The molecule has 9 aromatic rings. The number of benzene rings is 8. The molecule has 0 atom stereocenters. The van der Waals surface area contributed by atoms with Crippen LogP contribution in [-0.4, -0.2) is 4.98 Å². The van der Waals surface area contributed by atoms with Crippen LogP contribution in [0.1, 0.15) is 0 Å². The topological polar surface area (TPSA) is 16.1 Å². The van der Waals surface area contributed by atoms with Gasteiger partial charge in [0.05, 0.1) is 21.6 Å². The highest BCUT2D eigenvalue weighted by Crippen LogP contribution is 2.47. The van der Waals surface area contributed by atoms with Crippen molar-refractivity contribution >= 4 is 70.9 Å². The Morgan fingerprint density at radius 2 is 1.07 bits per heavy atom. The molecule has 0 aliphatic carbocycles. The number of hydrogen-bond acceptors (Lipinski definition) is 3. The Hall–Kier alpha value is -5.77. The fourth-order valence-corrected chi connectivity index (χ4v) is 7.90. The number of nitrogens with zero attached hydrogens (tertiary/aromatic N) is 2. The first kappa shape index (κ1) is 26.6. The monoisotopic (exact) mass is 604 g/mol. The van der Waals surface area contributed by atoms with Crippen LogP contribution in [0.15, 0.2) is 170 Å². The quantitative estimate of drug-likeness (QED) is 0.182. The minimum atomic E-state index is 1.03. The van der Waals surface area contributed by atoms with Gasteiger partial charge in [-0.3, -0.25) is 0 Å². The molecule has 0 unspecified atom stereocenters. The molecule has 46 heavy (non-hydrogen) atoms. The number of rotatable bonds is 5. The second-order valence-electron chi connectivity index (χ2n) is 11.6. The van der Waals surface area contributed by atoms with E-state index in [1.165, 1.54) is 48.1 Å². The maximum atomic E-state index is 5.14. The van der Waals surface area contributed by atoms with Gasteiger partial charge in [-0.2, -0.15) is 0 Å². The highest BCUT2D eigenvalue weighted by atomic mass is 32.1. The average Bonchev–Trinajstić information content (AvgIpc) is 3.58. The number of thiazole rings is 1. The number of hydrogen-bond donors (Lipinski definition) is 0. The van der Waals surface area contributed by atoms with Crippen LogP contribution >= 0.6 is 11.3 Å². The summed E-state index contributed by atoms with van der Waals surface area (Å²) < 4.78 is 1.22. The van der Waals surface area contributed by atoms with Gasteiger partial charge in [-0.1, -0.05) is 133 Å². The molecule has 8 aromatic carbocycles. The van der Waals surface area contributed by atoms with Crippen LogP contribution in [0.5, 0.6) is 0 Å². The van der Waals surface area contributed by atoms with Gasteiger partial charge in [0.25, 0.3) is 0 Å². The summed E-state index contributed by atoms with van der Waals surface area (Å²) >= 11 is 1.78. The van der Waals surface area contributed by atoms with Crippen molar-refractivity contribution in [1.29, 1.82) is 0 Å². The standard InChI is InChI=1S/C43H28N2S/c1-4-14-30(15-5-1)36-28-37-34(41-35(36)26-27-38-42(41)46-43(44-38)31-17-6-2-7-18-31)23-13-25-40(37)45(32-20-8-3-9-21-32)39-24-12-19-29-16-10-11-22-33(29)39/h1-28H. The van der Waals surface area contributed by atoms with E-state index in [1.807, 2.05) is 0 Å². The van der Waals surface area contributed by atoms with E-state index in [0.29, 0.717) is 0 Å². The summed E-state index contributed by atoms with van der Waals surface area (Å²) in [5.41, 5.74) is 8.01. The number of aromatic nitrogens is 1. The zero-order valence-corrected chi connectivity index (χ0v) is 25.8. The predicted octanol–water partition coefficient (Wildman–Crippen LogP) is 12.6. The molecular weight excluding hydrogens is 577 g/mol. The average molecular weight is 605 g/mol. The molecule has 0 saturated heterocycles. The number of para-hydroxylation sites is 1. The van der Waals surface area contributed by atoms with Crippen molar-refractivity contribution < 1.29 is 0 Å². The Labute approximate surface area is 271 Å². The smallest absolute Gasteiger partial charge is 0.124 e. The highest BCUT2D eigenvalue weighted by molar-refractivity contribution is 7.22. The molecule has 1 heterocycles. The summed E-state index contributed by atoms with van der Waals surface area (Å²) in [6, 6.07) is 60.9. The van der Waals surface area contributed by atoms with Gasteiger partial charge in [-0.05, 0) is 63.7 Å². The molecule has 216 valence electrons. The van der Waals surface area contributed by atoms with E-state index in [4.69, 9.17) is 4.98 Å². The van der Waals surface area contributed by atoms with E-state index in [-0.39, 0.29) is 0 Å². The normalized spacial score (nSPS) is 11.5. The van der Waals surface area contributed by atoms with E-state index in [1.54, 1.807) is 11.3 Å². The third-order valence-corrected chi connectivity index (χ3v) is 10.00. The Morgan fingerprint density at radius 1 is 0.457 bits per heavy atom. The van der Waals surface area contributed by atoms with Gasteiger partial charge < -0.3 is 4.90 Å². The van der Waals surface area contributed by atoms with Crippen LogP contribution in [0.2, 0.25) is 0 Å². The molecule has 0 amide bonds. The molecule has 2 nitrogen and oxygen atoms in total. The zero-order chi connectivity index (χ0) is 30.5. The lowest BCUT2D eigenvalue weighted by Gasteiger charge is -2.28. The van der Waals surface area contributed by atoms with Gasteiger partial charge >= 0.3 is 0 Å². The Bertz CT molecular complexity index is 2510. The van der Waals surface area contributed by atoms with Crippen molar-refractivity contribution in [2.45, 2.75) is 0 Å². The zero-order valence-electron chi connectivity index (χ0n) is 25.0. The van der Waals surface area contributed by atoms with E-state index < -0.39 is 0 Å². The minimum absolute atomic E-state index is 1.03. The fourth-order valence-electron chi connectivity index (χ4n) is 6.77. The summed E-state index contributed by atoms with van der Waals surface area (Å²) in [7, 11) is 0. The second kappa shape index (κ2) is 11.0. The van der Waals surface area contributed by atoms with E-state index in [0.717, 1.165) is 33.1 Å². The van der Waals surface area contributed by atoms with Crippen molar-refractivity contribution in [3.05, 3.63) is 170 Å². The first-order chi connectivity index (χ1) is 22.8. The lowest BCUT2D eigenvalue weighted by Crippen LogP contribution is -2.11. The molecule has 0 fully saturated rings. The van der Waals surface area contributed by atoms with Crippen molar-refractivity contribution in [2.75, 3.05) is 4.90 Å². The van der Waals surface area contributed by atoms with Crippen molar-refractivity contribution in [3.8, 4) is 21.7 Å². The fraction of sp³-hybridized carbons (Fsp3) is 0. The number of fused-ring (bicyclic) bond motifs is 6. The molecule has 0 aliphatic heterocycles. The lowest BCUT2D eigenvalue weighted by molar-refractivity contribution is 1.31. The van der Waals surface area contributed by atoms with Gasteiger partial charge in [0.1, 0.15) is 5.01 Å². The summed E-state index contributed by atoms with van der Waals surface area (Å²) in [6.45, 7) is 0. The van der Waals surface area contributed by atoms with Crippen molar-refractivity contribution in [2.24, 2.45) is 0 Å². The molecule has 3 heteroatoms. The van der Waals surface area contributed by atoms with Gasteiger partial charge in [0.15, 0.2) is 0 Å². The largest absolute Gasteiger partial charge is 0.309 e. The van der Waals surface area contributed by atoms with Crippen molar-refractivity contribution in [3.63, 3.8) is 0 Å². The third kappa shape index (κ3) is 4.36. The third-order valence-electron chi connectivity index (χ3n) is 8.86. The SMILES string of the molecule is c1ccc(-c2nc3ccc4c(-c5ccccc5)cc5c(N(c6ccccc6)c6cccc7ccccc67)cccc5c4c3s2)cc1. The molecule has 9 rings (SSSR count). The summed E-state index contributed by atoms with van der Waals surface area (Å²) in [5, 5.41) is 8.39. The summed E-state index contributed by atoms with van der Waals surface area (Å²) in [6.07, 6.45) is 0. The minimum Gasteiger partial charge on any atom is -0.309 e. The van der Waals surface area contributed by atoms with Gasteiger partial charge in [-0.15, -0.1) is 11.3 Å². The molecular formula is C43H28N2S. The van der Waals surface area contributed by atoms with Crippen LogP contribution in [-0.2, 0) is 0 Å². The first-order valence-electron chi connectivity index (χ1n) is 15.6. The van der Waals surface area contributed by atoms with Gasteiger partial charge in [0, 0.05) is 27.4 Å². The molecule has 0 spiro atoms. The van der Waals surface area contributed by atoms with Gasteiger partial charge in [0.2, 0.25) is 0 Å². The molecule has 0 aliphatic rings. The Kier molecular flexibility index (Phi) is 6.36. The van der Waals surface area contributed by atoms with Crippen molar-refractivity contribution in [1.82, 2.24) is 4.98 Å². The molecule has 1 aromatic heterocycles. The van der Waals surface area contributed by atoms with Crippen LogP contribution < -0.4 is 4.90 Å². The van der Waals surface area contributed by atoms with E-state index >= 15 is 0 Å². The van der Waals surface area contributed by atoms with Gasteiger partial charge in [-0.25, -0.2) is 4.98 Å². The molecule has 0 bridgehead atoms. The molecule has 0 saturated carbocycles. The maximum Gasteiger partial charge on any atom is 0.124 e. The Morgan fingerprint density at radius 3 is 1.85 bits per heavy atom. The predicted molar refractivity (Wildman–Crippen MR) is 198 cm³/mol. The van der Waals surface area contributed by atoms with E-state index in [9.17, 15) is 0 Å². The Balaban J connectivity index is 1.41.